The first kappa shape index (κ1) is 22.4. The Labute approximate surface area is 197 Å². The Hall–Kier alpha value is -2.41. The van der Waals surface area contributed by atoms with Gasteiger partial charge < -0.3 is 9.80 Å². The lowest BCUT2D eigenvalue weighted by Gasteiger charge is -2.39. The summed E-state index contributed by atoms with van der Waals surface area (Å²) in [6.45, 7) is 5.57. The van der Waals surface area contributed by atoms with Crippen molar-refractivity contribution in [1.82, 2.24) is 4.90 Å². The van der Waals surface area contributed by atoms with E-state index in [1.165, 1.54) is 55.1 Å². The van der Waals surface area contributed by atoms with Crippen molar-refractivity contribution in [1.29, 1.82) is 0 Å². The van der Waals surface area contributed by atoms with Gasteiger partial charge in [0.05, 0.1) is 4.90 Å². The Morgan fingerprint density at radius 1 is 0.848 bits per heavy atom. The van der Waals surface area contributed by atoms with Crippen LogP contribution in [0.2, 0.25) is 0 Å². The number of likely N-dealkylation sites (tertiary alicyclic amines) is 1. The van der Waals surface area contributed by atoms with E-state index in [1.54, 1.807) is 12.1 Å². The lowest BCUT2D eigenvalue weighted by molar-refractivity contribution is 0.167. The van der Waals surface area contributed by atoms with Crippen LogP contribution in [0.4, 0.5) is 5.69 Å². The molecule has 1 unspecified atom stereocenters. The van der Waals surface area contributed by atoms with E-state index in [-0.39, 0.29) is 4.90 Å². The lowest BCUT2D eigenvalue weighted by Crippen LogP contribution is -2.42. The van der Waals surface area contributed by atoms with Gasteiger partial charge in [-0.25, -0.2) is 13.6 Å². The molecule has 0 saturated carbocycles. The van der Waals surface area contributed by atoms with Crippen LogP contribution in [-0.2, 0) is 10.0 Å². The molecule has 2 aliphatic rings. The molecule has 1 atom stereocenters. The number of nitrogens with two attached hydrogens (primary N) is 1. The number of hydrogen-bond acceptors (Lipinski definition) is 4. The van der Waals surface area contributed by atoms with Crippen molar-refractivity contribution in [2.45, 2.75) is 36.5 Å². The Morgan fingerprint density at radius 2 is 1.58 bits per heavy atom. The second-order valence-electron chi connectivity index (χ2n) is 9.64. The molecule has 2 fully saturated rings. The average Bonchev–Trinajstić information content (AvgIpc) is 2.84. The quantitative estimate of drug-likeness (QED) is 0.601. The van der Waals surface area contributed by atoms with E-state index < -0.39 is 10.0 Å². The number of fused-ring (bicyclic) bond motifs is 1. The van der Waals surface area contributed by atoms with Gasteiger partial charge >= 0.3 is 0 Å². The summed E-state index contributed by atoms with van der Waals surface area (Å²) in [6, 6.07) is 22.5. The fraction of sp³-hybridized carbons (Fsp3) is 0.407. The molecule has 3 aromatic rings. The van der Waals surface area contributed by atoms with Crippen LogP contribution in [0.25, 0.3) is 10.8 Å². The molecule has 5 nitrogen and oxygen atoms in total. The van der Waals surface area contributed by atoms with E-state index in [9.17, 15) is 8.42 Å². The third-order valence-electron chi connectivity index (χ3n) is 7.43. The smallest absolute Gasteiger partial charge is 0.238 e. The van der Waals surface area contributed by atoms with Crippen molar-refractivity contribution >= 4 is 26.5 Å². The Bertz CT molecular complexity index is 1200. The normalized spacial score (nSPS) is 20.9. The standard InChI is InChI=1S/C27H33N3O2S/c28-33(31,32)25-12-10-24(11-13-25)30-17-14-21(15-18-30)19-29-16-4-7-23(20-29)27-9-3-6-22-5-1-2-8-26(22)27/h1-3,5-6,8-13,21,23H,4,7,14-20H2,(H2,28,31,32). The molecule has 0 radical (unpaired) electrons. The summed E-state index contributed by atoms with van der Waals surface area (Å²) in [7, 11) is -3.64. The van der Waals surface area contributed by atoms with Crippen LogP contribution in [0.15, 0.2) is 71.6 Å². The first-order valence-electron chi connectivity index (χ1n) is 12.1. The highest BCUT2D eigenvalue weighted by Gasteiger charge is 2.27. The average molecular weight is 464 g/mol. The summed E-state index contributed by atoms with van der Waals surface area (Å²) < 4.78 is 23.0. The number of benzene rings is 3. The van der Waals surface area contributed by atoms with Gasteiger partial charge in [-0.1, -0.05) is 42.5 Å². The number of hydrogen-bond donors (Lipinski definition) is 1. The van der Waals surface area contributed by atoms with Gasteiger partial charge in [-0.15, -0.1) is 0 Å². The second-order valence-corrected chi connectivity index (χ2v) is 11.2. The van der Waals surface area contributed by atoms with Gasteiger partial charge in [-0.3, -0.25) is 0 Å². The molecule has 0 bridgehead atoms. The predicted molar refractivity (Wildman–Crippen MR) is 135 cm³/mol. The van der Waals surface area contributed by atoms with E-state index in [2.05, 4.69) is 52.3 Å². The van der Waals surface area contributed by atoms with E-state index in [0.717, 1.165) is 31.2 Å². The van der Waals surface area contributed by atoms with E-state index >= 15 is 0 Å². The van der Waals surface area contributed by atoms with Crippen LogP contribution in [0.5, 0.6) is 0 Å². The molecule has 5 rings (SSSR count). The molecule has 0 spiro atoms. The van der Waals surface area contributed by atoms with Gasteiger partial charge in [0.2, 0.25) is 10.0 Å². The molecule has 0 aliphatic carbocycles. The van der Waals surface area contributed by atoms with Gasteiger partial charge in [0.1, 0.15) is 0 Å². The number of primary sulfonamides is 1. The summed E-state index contributed by atoms with van der Waals surface area (Å²) in [4.78, 5) is 5.22. The van der Waals surface area contributed by atoms with Gasteiger partial charge in [-0.05, 0) is 84.7 Å². The zero-order valence-electron chi connectivity index (χ0n) is 19.1. The maximum atomic E-state index is 11.5. The molecule has 6 heteroatoms. The van der Waals surface area contributed by atoms with Crippen LogP contribution in [0, 0.1) is 5.92 Å². The van der Waals surface area contributed by atoms with Crippen LogP contribution >= 0.6 is 0 Å². The molecule has 2 aliphatic heterocycles. The maximum Gasteiger partial charge on any atom is 0.238 e. The first-order chi connectivity index (χ1) is 16.0. The highest BCUT2D eigenvalue weighted by Crippen LogP contribution is 2.33. The van der Waals surface area contributed by atoms with Crippen molar-refractivity contribution < 1.29 is 8.42 Å². The minimum atomic E-state index is -3.64. The third kappa shape index (κ3) is 5.08. The van der Waals surface area contributed by atoms with Crippen molar-refractivity contribution in [3.8, 4) is 0 Å². The first-order valence-corrected chi connectivity index (χ1v) is 13.6. The van der Waals surface area contributed by atoms with E-state index in [0.29, 0.717) is 5.92 Å². The van der Waals surface area contributed by atoms with Crippen molar-refractivity contribution in [3.05, 3.63) is 72.3 Å². The molecule has 2 N–H and O–H groups in total. The van der Waals surface area contributed by atoms with Crippen LogP contribution in [-0.4, -0.2) is 46.0 Å². The number of sulfonamides is 1. The zero-order valence-corrected chi connectivity index (χ0v) is 19.9. The predicted octanol–water partition coefficient (Wildman–Crippen LogP) is 4.58. The summed E-state index contributed by atoms with van der Waals surface area (Å²) in [6.07, 6.45) is 4.89. The lowest BCUT2D eigenvalue weighted by atomic mass is 9.86. The van der Waals surface area contributed by atoms with Gasteiger partial charge in [0.15, 0.2) is 0 Å². The summed E-state index contributed by atoms with van der Waals surface area (Å²) in [5.74, 6) is 1.33. The Kier molecular flexibility index (Phi) is 6.41. The molecule has 33 heavy (non-hydrogen) atoms. The molecule has 0 amide bonds. The Balaban J connectivity index is 1.18. The molecule has 3 aromatic carbocycles. The van der Waals surface area contributed by atoms with Gasteiger partial charge in [0.25, 0.3) is 0 Å². The highest BCUT2D eigenvalue weighted by atomic mass is 32.2. The summed E-state index contributed by atoms with van der Waals surface area (Å²) in [5.41, 5.74) is 2.59. The molecule has 2 saturated heterocycles. The largest absolute Gasteiger partial charge is 0.372 e. The molecular formula is C27H33N3O2S. The minimum absolute atomic E-state index is 0.173. The number of rotatable bonds is 5. The SMILES string of the molecule is NS(=O)(=O)c1ccc(N2CCC(CN3CCCC(c4cccc5ccccc45)C3)CC2)cc1. The van der Waals surface area contributed by atoms with Gasteiger partial charge in [-0.2, -0.15) is 0 Å². The van der Waals surface area contributed by atoms with Crippen LogP contribution < -0.4 is 10.0 Å². The van der Waals surface area contributed by atoms with Crippen LogP contribution in [0.1, 0.15) is 37.2 Å². The molecular weight excluding hydrogens is 430 g/mol. The maximum absolute atomic E-state index is 11.5. The number of anilines is 1. The third-order valence-corrected chi connectivity index (χ3v) is 8.36. The molecule has 0 aromatic heterocycles. The fourth-order valence-corrected chi connectivity index (χ4v) is 6.18. The van der Waals surface area contributed by atoms with Crippen molar-refractivity contribution in [2.24, 2.45) is 11.1 Å². The Morgan fingerprint density at radius 3 is 2.33 bits per heavy atom. The van der Waals surface area contributed by atoms with E-state index in [4.69, 9.17) is 5.14 Å². The second kappa shape index (κ2) is 9.45. The highest BCUT2D eigenvalue weighted by molar-refractivity contribution is 7.89. The minimum Gasteiger partial charge on any atom is -0.372 e. The van der Waals surface area contributed by atoms with Crippen LogP contribution in [0.3, 0.4) is 0 Å². The molecule has 2 heterocycles. The summed E-state index contributed by atoms with van der Waals surface area (Å²) >= 11 is 0. The molecule has 174 valence electrons. The topological polar surface area (TPSA) is 66.6 Å². The number of piperidine rings is 2. The fourth-order valence-electron chi connectivity index (χ4n) is 5.67. The van der Waals surface area contributed by atoms with Crippen molar-refractivity contribution in [3.63, 3.8) is 0 Å². The van der Waals surface area contributed by atoms with Crippen molar-refractivity contribution in [2.75, 3.05) is 37.6 Å². The monoisotopic (exact) mass is 463 g/mol. The zero-order chi connectivity index (χ0) is 22.8. The van der Waals surface area contributed by atoms with Gasteiger partial charge in [0, 0.05) is 31.9 Å². The van der Waals surface area contributed by atoms with E-state index in [1.807, 2.05) is 12.1 Å². The summed E-state index contributed by atoms with van der Waals surface area (Å²) in [5, 5.41) is 7.98. The number of nitrogens with zero attached hydrogens (tertiary/aromatic N) is 2.